The fraction of sp³-hybridized carbons (Fsp3) is 0.316. The number of aliphatic hydroxyl groups is 1. The molecule has 2 aromatic carbocycles. The normalized spacial score (nSPS) is 10.6. The van der Waals surface area contributed by atoms with E-state index in [0.29, 0.717) is 0 Å². The predicted molar refractivity (Wildman–Crippen MR) is 103 cm³/mol. The molecule has 0 saturated heterocycles. The molecule has 2 rings (SSSR count). The summed E-state index contributed by atoms with van der Waals surface area (Å²) in [5.41, 5.74) is 7.66. The molecule has 1 amide bonds. The van der Waals surface area contributed by atoms with Crippen LogP contribution in [0.2, 0.25) is 0 Å². The highest BCUT2D eigenvalue weighted by atomic mass is 79.9. The molecular formula is C19H25BrN2O2. The van der Waals surface area contributed by atoms with Crippen molar-refractivity contribution >= 4 is 27.5 Å². The lowest BCUT2D eigenvalue weighted by atomic mass is 9.82. The van der Waals surface area contributed by atoms with Crippen LogP contribution >= 0.6 is 15.9 Å². The number of anilines is 1. The van der Waals surface area contributed by atoms with Crippen molar-refractivity contribution in [1.29, 1.82) is 0 Å². The molecule has 0 spiro atoms. The van der Waals surface area contributed by atoms with Crippen LogP contribution in [0.1, 0.15) is 25.0 Å². The summed E-state index contributed by atoms with van der Waals surface area (Å²) >= 11 is 3.50. The van der Waals surface area contributed by atoms with E-state index < -0.39 is 5.41 Å². The summed E-state index contributed by atoms with van der Waals surface area (Å²) in [6, 6.07) is 15.3. The highest BCUT2D eigenvalue weighted by Crippen LogP contribution is 2.36. The molecule has 0 bridgehead atoms. The minimum Gasteiger partial charge on any atom is -0.392 e. The number of rotatable bonds is 4. The molecule has 130 valence electrons. The highest BCUT2D eigenvalue weighted by molar-refractivity contribution is 9.10. The molecule has 0 aromatic heterocycles. The largest absolute Gasteiger partial charge is 0.392 e. The number of benzene rings is 2. The monoisotopic (exact) mass is 392 g/mol. The van der Waals surface area contributed by atoms with Gasteiger partial charge in [-0.25, -0.2) is 0 Å². The predicted octanol–water partition coefficient (Wildman–Crippen LogP) is 3.46. The zero-order chi connectivity index (χ0) is 18.3. The zero-order valence-corrected chi connectivity index (χ0v) is 16.2. The van der Waals surface area contributed by atoms with Gasteiger partial charge in [-0.2, -0.15) is 0 Å². The molecule has 0 fully saturated rings. The minimum atomic E-state index is -0.677. The number of halogens is 1. The van der Waals surface area contributed by atoms with Crippen LogP contribution in [-0.2, 0) is 16.8 Å². The third-order valence-corrected chi connectivity index (χ3v) is 4.39. The van der Waals surface area contributed by atoms with Crippen LogP contribution < -0.4 is 10.6 Å². The number of hydrogen-bond donors (Lipinski definition) is 2. The van der Waals surface area contributed by atoms with Crippen molar-refractivity contribution in [3.8, 4) is 0 Å². The van der Waals surface area contributed by atoms with Crippen LogP contribution in [0.25, 0.3) is 0 Å². The molecule has 4 nitrogen and oxygen atoms in total. The molecule has 5 heteroatoms. The van der Waals surface area contributed by atoms with Crippen molar-refractivity contribution in [3.05, 3.63) is 64.1 Å². The number of carbonyl (C=O) groups is 1. The maximum absolute atomic E-state index is 11.5. The molecule has 0 aliphatic rings. The molecule has 0 aliphatic heterocycles. The van der Waals surface area contributed by atoms with E-state index in [9.17, 15) is 4.79 Å². The number of para-hydroxylation sites is 1. The molecule has 0 radical (unpaired) electrons. The Hall–Kier alpha value is -1.85. The van der Waals surface area contributed by atoms with E-state index in [2.05, 4.69) is 15.9 Å². The van der Waals surface area contributed by atoms with Crippen LogP contribution in [-0.4, -0.2) is 25.1 Å². The van der Waals surface area contributed by atoms with E-state index in [1.807, 2.05) is 81.4 Å². The number of amides is 1. The van der Waals surface area contributed by atoms with Crippen molar-refractivity contribution in [3.63, 3.8) is 0 Å². The van der Waals surface area contributed by atoms with Crippen LogP contribution in [0, 0.1) is 0 Å². The van der Waals surface area contributed by atoms with Crippen molar-refractivity contribution in [2.45, 2.75) is 25.9 Å². The maximum Gasteiger partial charge on any atom is 0.227 e. The topological polar surface area (TPSA) is 66.6 Å². The molecule has 0 unspecified atom stereocenters. The van der Waals surface area contributed by atoms with Gasteiger partial charge in [-0.15, -0.1) is 0 Å². The summed E-state index contributed by atoms with van der Waals surface area (Å²) in [6.07, 6.45) is 0. The molecule has 3 N–H and O–H groups in total. The highest BCUT2D eigenvalue weighted by Gasteiger charge is 2.31. The summed E-state index contributed by atoms with van der Waals surface area (Å²) in [7, 11) is 3.89. The van der Waals surface area contributed by atoms with Crippen molar-refractivity contribution in [2.24, 2.45) is 5.73 Å². The van der Waals surface area contributed by atoms with Gasteiger partial charge in [0.2, 0.25) is 5.91 Å². The number of carbonyl (C=O) groups excluding carboxylic acids is 1. The number of primary amides is 1. The van der Waals surface area contributed by atoms with Gasteiger partial charge in [0, 0.05) is 18.6 Å². The molecular weight excluding hydrogens is 368 g/mol. The molecule has 0 saturated carbocycles. The Morgan fingerprint density at radius 2 is 1.71 bits per heavy atom. The average molecular weight is 393 g/mol. The van der Waals surface area contributed by atoms with E-state index >= 15 is 0 Å². The lowest BCUT2D eigenvalue weighted by molar-refractivity contribution is -0.122. The summed E-state index contributed by atoms with van der Waals surface area (Å²) < 4.78 is 0.962. The Labute approximate surface area is 152 Å². The second-order valence-corrected chi connectivity index (χ2v) is 7.02. The van der Waals surface area contributed by atoms with Crippen LogP contribution in [0.5, 0.6) is 0 Å². The van der Waals surface area contributed by atoms with E-state index in [4.69, 9.17) is 10.8 Å². The van der Waals surface area contributed by atoms with E-state index in [-0.39, 0.29) is 12.5 Å². The first-order chi connectivity index (χ1) is 11.2. The van der Waals surface area contributed by atoms with Gasteiger partial charge >= 0.3 is 0 Å². The number of nitrogens with two attached hydrogens (primary N) is 1. The summed E-state index contributed by atoms with van der Waals surface area (Å²) in [5.74, 6) is -0.325. The lowest BCUT2D eigenvalue weighted by Crippen LogP contribution is -2.36. The zero-order valence-electron chi connectivity index (χ0n) is 14.6. The van der Waals surface area contributed by atoms with Gasteiger partial charge in [0.1, 0.15) is 0 Å². The fourth-order valence-corrected chi connectivity index (χ4v) is 2.91. The Morgan fingerprint density at radius 1 is 1.12 bits per heavy atom. The minimum absolute atomic E-state index is 0.140. The Balaban J connectivity index is 0.000000300. The Kier molecular flexibility index (Phi) is 7.45. The van der Waals surface area contributed by atoms with Crippen molar-refractivity contribution in [2.75, 3.05) is 19.0 Å². The lowest BCUT2D eigenvalue weighted by Gasteiger charge is -2.28. The molecule has 0 aliphatic carbocycles. The summed E-state index contributed by atoms with van der Waals surface area (Å²) in [6.45, 7) is 3.81. The summed E-state index contributed by atoms with van der Waals surface area (Å²) in [5, 5.41) is 8.54. The molecule has 0 heterocycles. The third kappa shape index (κ3) is 5.08. The van der Waals surface area contributed by atoms with E-state index in [1.54, 1.807) is 0 Å². The number of nitrogens with zero attached hydrogens (tertiary/aromatic N) is 1. The SMILES string of the molecule is CN(C)c1c(Br)cccc1C(C)(C)C(N)=O.OCc1ccccc1. The van der Waals surface area contributed by atoms with E-state index in [1.165, 1.54) is 0 Å². The second kappa shape index (κ2) is 8.85. The molecule has 0 atom stereocenters. The Morgan fingerprint density at radius 3 is 2.12 bits per heavy atom. The van der Waals surface area contributed by atoms with Gasteiger partial charge < -0.3 is 15.7 Å². The van der Waals surface area contributed by atoms with Crippen LogP contribution in [0.15, 0.2) is 53.0 Å². The fourth-order valence-electron chi connectivity index (χ4n) is 2.19. The van der Waals surface area contributed by atoms with Crippen molar-refractivity contribution < 1.29 is 9.90 Å². The molecule has 24 heavy (non-hydrogen) atoms. The molecule has 2 aromatic rings. The second-order valence-electron chi connectivity index (χ2n) is 6.16. The van der Waals surface area contributed by atoms with Gasteiger partial charge in [-0.3, -0.25) is 4.79 Å². The quantitative estimate of drug-likeness (QED) is 0.836. The maximum atomic E-state index is 11.5. The first-order valence-corrected chi connectivity index (χ1v) is 8.42. The average Bonchev–Trinajstić information content (AvgIpc) is 2.55. The number of hydrogen-bond acceptors (Lipinski definition) is 3. The van der Waals surface area contributed by atoms with Gasteiger partial charge in [-0.05, 0) is 47.0 Å². The first-order valence-electron chi connectivity index (χ1n) is 7.62. The van der Waals surface area contributed by atoms with Gasteiger partial charge in [-0.1, -0.05) is 42.5 Å². The Bertz CT molecular complexity index is 670. The van der Waals surface area contributed by atoms with Crippen molar-refractivity contribution in [1.82, 2.24) is 0 Å². The van der Waals surface area contributed by atoms with E-state index in [0.717, 1.165) is 21.3 Å². The first kappa shape index (κ1) is 20.2. The smallest absolute Gasteiger partial charge is 0.227 e. The van der Waals surface area contributed by atoms with Gasteiger partial charge in [0.25, 0.3) is 0 Å². The standard InChI is InChI=1S/C12H17BrN2O.C7H8O/c1-12(2,11(14)16)8-6-5-7-9(13)10(8)15(3)4;8-6-7-4-2-1-3-5-7/h5-7H,1-4H3,(H2,14,16);1-5,8H,6H2. The van der Waals surface area contributed by atoms with Crippen LogP contribution in [0.4, 0.5) is 5.69 Å². The summed E-state index contributed by atoms with van der Waals surface area (Å²) in [4.78, 5) is 13.5. The number of aliphatic hydroxyl groups excluding tert-OH is 1. The third-order valence-electron chi connectivity index (χ3n) is 3.75. The van der Waals surface area contributed by atoms with Gasteiger partial charge in [0.15, 0.2) is 0 Å². The van der Waals surface area contributed by atoms with Gasteiger partial charge in [0.05, 0.1) is 17.7 Å². The van der Waals surface area contributed by atoms with Crippen LogP contribution in [0.3, 0.4) is 0 Å².